The van der Waals surface area contributed by atoms with E-state index in [1.807, 2.05) is 41.5 Å². The molecule has 0 saturated heterocycles. The van der Waals surface area contributed by atoms with Gasteiger partial charge in [0.15, 0.2) is 0 Å². The molecule has 2 N–H and O–H groups in total. The minimum absolute atomic E-state index is 0.0458. The summed E-state index contributed by atoms with van der Waals surface area (Å²) in [5.41, 5.74) is -0.465. The number of aliphatic carboxylic acids is 1. The highest BCUT2D eigenvalue weighted by molar-refractivity contribution is 7.89. The predicted octanol–water partition coefficient (Wildman–Crippen LogP) is 2.94. The number of nitrogens with zero attached hydrogens (tertiary/aromatic N) is 2. The fourth-order valence-corrected chi connectivity index (χ4v) is 4.49. The van der Waals surface area contributed by atoms with Crippen molar-refractivity contribution in [1.82, 2.24) is 9.29 Å². The summed E-state index contributed by atoms with van der Waals surface area (Å²) < 4.78 is 27.0. The molecule has 1 rings (SSSR count). The van der Waals surface area contributed by atoms with Crippen molar-refractivity contribution in [2.75, 3.05) is 5.32 Å². The van der Waals surface area contributed by atoms with Crippen LogP contribution in [0.15, 0.2) is 23.2 Å². The van der Waals surface area contributed by atoms with E-state index in [4.69, 9.17) is 5.11 Å². The van der Waals surface area contributed by atoms with Gasteiger partial charge in [-0.2, -0.15) is 4.31 Å². The van der Waals surface area contributed by atoms with Crippen molar-refractivity contribution in [2.24, 2.45) is 0 Å². The zero-order valence-electron chi connectivity index (χ0n) is 15.8. The maximum atomic E-state index is 12.8. The molecule has 0 atom stereocenters. The van der Waals surface area contributed by atoms with Crippen LogP contribution in [0.1, 0.15) is 54.4 Å². The number of anilines is 1. The summed E-state index contributed by atoms with van der Waals surface area (Å²) in [5, 5.41) is 11.9. The van der Waals surface area contributed by atoms with Gasteiger partial charge in [0.1, 0.15) is 10.7 Å². The number of hydrogen-bond donors (Lipinski definition) is 2. The van der Waals surface area contributed by atoms with Crippen LogP contribution < -0.4 is 5.32 Å². The Morgan fingerprint density at radius 3 is 2.20 bits per heavy atom. The van der Waals surface area contributed by atoms with Crippen LogP contribution in [0.2, 0.25) is 0 Å². The molecule has 0 spiro atoms. The maximum Gasteiger partial charge on any atom is 0.303 e. The largest absolute Gasteiger partial charge is 0.481 e. The van der Waals surface area contributed by atoms with Crippen molar-refractivity contribution in [3.63, 3.8) is 0 Å². The number of pyridine rings is 1. The number of sulfonamides is 1. The normalized spacial score (nSPS) is 12.8. The Morgan fingerprint density at radius 1 is 1.24 bits per heavy atom. The number of aromatic nitrogens is 1. The van der Waals surface area contributed by atoms with Crippen LogP contribution in [0, 0.1) is 0 Å². The number of carboxylic acids is 1. The Bertz CT molecular complexity index is 674. The van der Waals surface area contributed by atoms with Gasteiger partial charge in [0.25, 0.3) is 0 Å². The summed E-state index contributed by atoms with van der Waals surface area (Å²) in [5.74, 6) is -0.346. The molecule has 142 valence electrons. The van der Waals surface area contributed by atoms with Crippen molar-refractivity contribution in [3.05, 3.63) is 18.3 Å². The van der Waals surface area contributed by atoms with Crippen LogP contribution in [0.3, 0.4) is 0 Å². The predicted molar refractivity (Wildman–Crippen MR) is 98.1 cm³/mol. The van der Waals surface area contributed by atoms with Crippen molar-refractivity contribution in [1.29, 1.82) is 0 Å². The third-order valence-electron chi connectivity index (χ3n) is 3.76. The molecule has 25 heavy (non-hydrogen) atoms. The average Bonchev–Trinajstić information content (AvgIpc) is 2.44. The van der Waals surface area contributed by atoms with E-state index < -0.39 is 21.5 Å². The lowest BCUT2D eigenvalue weighted by atomic mass is 9.98. The summed E-state index contributed by atoms with van der Waals surface area (Å²) >= 11 is 0. The third kappa shape index (κ3) is 5.97. The quantitative estimate of drug-likeness (QED) is 0.692. The van der Waals surface area contributed by atoms with Crippen molar-refractivity contribution in [3.8, 4) is 0 Å². The summed E-state index contributed by atoms with van der Waals surface area (Å²) in [6.45, 7) is 11.1. The van der Waals surface area contributed by atoms with E-state index in [9.17, 15) is 13.2 Å². The van der Waals surface area contributed by atoms with Gasteiger partial charge in [-0.05, 0) is 60.1 Å². The number of rotatable bonds is 9. The first kappa shape index (κ1) is 21.4. The first-order valence-corrected chi connectivity index (χ1v) is 9.80. The Hall–Kier alpha value is -1.67. The molecule has 0 unspecified atom stereocenters. The van der Waals surface area contributed by atoms with E-state index in [1.165, 1.54) is 16.6 Å². The maximum absolute atomic E-state index is 12.8. The van der Waals surface area contributed by atoms with Gasteiger partial charge in [0.2, 0.25) is 10.0 Å². The van der Waals surface area contributed by atoms with Gasteiger partial charge in [0.05, 0.1) is 0 Å². The molecule has 0 bridgehead atoms. The van der Waals surface area contributed by atoms with Crippen LogP contribution in [-0.4, -0.2) is 46.4 Å². The second-order valence-electron chi connectivity index (χ2n) is 7.30. The van der Waals surface area contributed by atoms with Gasteiger partial charge < -0.3 is 10.4 Å². The van der Waals surface area contributed by atoms with Crippen LogP contribution >= 0.6 is 0 Å². The van der Waals surface area contributed by atoms with Crippen LogP contribution in [0.25, 0.3) is 0 Å². The van der Waals surface area contributed by atoms with Crippen LogP contribution in [0.5, 0.6) is 0 Å². The van der Waals surface area contributed by atoms with Gasteiger partial charge in [-0.3, -0.25) is 4.79 Å². The standard InChI is InChI=1S/C17H29N3O4S/c1-12(2)20(13(3)4)25(23,24)14-7-8-15(18-11-14)19-17(5,6)10-9-16(21)22/h7-8,11-13H,9-10H2,1-6H3,(H,18,19)(H,21,22). The first-order chi connectivity index (χ1) is 11.4. The highest BCUT2D eigenvalue weighted by Crippen LogP contribution is 2.23. The summed E-state index contributed by atoms with van der Waals surface area (Å²) in [6.07, 6.45) is 1.81. The van der Waals surface area contributed by atoms with E-state index in [1.54, 1.807) is 6.07 Å². The zero-order valence-corrected chi connectivity index (χ0v) is 16.6. The Balaban J connectivity index is 2.97. The van der Waals surface area contributed by atoms with Crippen molar-refractivity contribution >= 4 is 21.8 Å². The van der Waals surface area contributed by atoms with E-state index in [2.05, 4.69) is 10.3 Å². The topological polar surface area (TPSA) is 99.6 Å². The fraction of sp³-hybridized carbons (Fsp3) is 0.647. The van der Waals surface area contributed by atoms with E-state index in [0.717, 1.165) is 0 Å². The first-order valence-electron chi connectivity index (χ1n) is 8.36. The van der Waals surface area contributed by atoms with E-state index in [0.29, 0.717) is 12.2 Å². The summed E-state index contributed by atoms with van der Waals surface area (Å²) in [7, 11) is -3.62. The lowest BCUT2D eigenvalue weighted by Crippen LogP contribution is -2.42. The molecule has 0 fully saturated rings. The SMILES string of the molecule is CC(C)N(C(C)C)S(=O)(=O)c1ccc(NC(C)(C)CCC(=O)O)nc1. The number of carboxylic acid groups (broad SMARTS) is 1. The molecule has 0 saturated carbocycles. The van der Waals surface area contributed by atoms with Gasteiger partial charge in [0, 0.05) is 30.2 Å². The van der Waals surface area contributed by atoms with Crippen molar-refractivity contribution in [2.45, 2.75) is 76.9 Å². The van der Waals surface area contributed by atoms with Crippen LogP contribution in [0.4, 0.5) is 5.82 Å². The molecule has 0 radical (unpaired) electrons. The van der Waals surface area contributed by atoms with Gasteiger partial charge in [-0.25, -0.2) is 13.4 Å². The molecule has 8 heteroatoms. The molecule has 0 amide bonds. The second kappa shape index (κ2) is 8.14. The van der Waals surface area contributed by atoms with E-state index >= 15 is 0 Å². The smallest absolute Gasteiger partial charge is 0.303 e. The molecule has 1 aromatic heterocycles. The highest BCUT2D eigenvalue weighted by atomic mass is 32.2. The zero-order chi connectivity index (χ0) is 19.4. The summed E-state index contributed by atoms with van der Waals surface area (Å²) in [4.78, 5) is 15.0. The molecule has 1 aromatic rings. The Labute approximate surface area is 150 Å². The lowest BCUT2D eigenvalue weighted by molar-refractivity contribution is -0.137. The molecule has 0 aliphatic rings. The van der Waals surface area contributed by atoms with Gasteiger partial charge >= 0.3 is 5.97 Å². The molecule has 0 aliphatic carbocycles. The number of hydrogen-bond acceptors (Lipinski definition) is 5. The van der Waals surface area contributed by atoms with Crippen molar-refractivity contribution < 1.29 is 18.3 Å². The third-order valence-corrected chi connectivity index (χ3v) is 6.00. The number of carbonyl (C=O) groups is 1. The number of nitrogens with one attached hydrogen (secondary N) is 1. The Kier molecular flexibility index (Phi) is 6.96. The Morgan fingerprint density at radius 2 is 1.80 bits per heavy atom. The molecule has 0 aromatic carbocycles. The molecular weight excluding hydrogens is 342 g/mol. The molecular formula is C17H29N3O4S. The monoisotopic (exact) mass is 371 g/mol. The summed E-state index contributed by atoms with van der Waals surface area (Å²) in [6, 6.07) is 2.82. The lowest BCUT2D eigenvalue weighted by Gasteiger charge is -2.29. The van der Waals surface area contributed by atoms with E-state index in [-0.39, 0.29) is 23.4 Å². The molecule has 0 aliphatic heterocycles. The second-order valence-corrected chi connectivity index (χ2v) is 9.15. The molecule has 7 nitrogen and oxygen atoms in total. The average molecular weight is 372 g/mol. The highest BCUT2D eigenvalue weighted by Gasteiger charge is 2.29. The van der Waals surface area contributed by atoms with Crippen LogP contribution in [-0.2, 0) is 14.8 Å². The molecule has 1 heterocycles. The minimum Gasteiger partial charge on any atom is -0.481 e. The van der Waals surface area contributed by atoms with Gasteiger partial charge in [-0.1, -0.05) is 0 Å². The minimum atomic E-state index is -3.62. The fourth-order valence-electron chi connectivity index (χ4n) is 2.71. The van der Waals surface area contributed by atoms with Gasteiger partial charge in [-0.15, -0.1) is 0 Å².